The molecule has 4 heteroatoms. The summed E-state index contributed by atoms with van der Waals surface area (Å²) in [7, 11) is 0. The molecule has 0 aliphatic carbocycles. The first-order valence-corrected chi connectivity index (χ1v) is 8.07. The smallest absolute Gasteiger partial charge is 0.309 e. The van der Waals surface area contributed by atoms with E-state index in [1.54, 1.807) is 0 Å². The normalized spacial score (nSPS) is 25.7. The van der Waals surface area contributed by atoms with Crippen molar-refractivity contribution in [1.29, 1.82) is 0 Å². The van der Waals surface area contributed by atoms with Crippen LogP contribution < -0.4 is 5.32 Å². The average molecular weight is 315 g/mol. The summed E-state index contributed by atoms with van der Waals surface area (Å²) in [6.45, 7) is 5.87. The Kier molecular flexibility index (Phi) is 5.59. The zero-order valence-corrected chi connectivity index (χ0v) is 14.0. The van der Waals surface area contributed by atoms with Gasteiger partial charge in [0.25, 0.3) is 0 Å². The van der Waals surface area contributed by atoms with Gasteiger partial charge in [-0.25, -0.2) is 0 Å². The number of cyclic esters (lactones) is 1. The fraction of sp³-hybridized carbons (Fsp3) is 0.474. The first kappa shape index (κ1) is 17.3. The van der Waals surface area contributed by atoms with Crippen LogP contribution in [0.4, 0.5) is 0 Å². The van der Waals surface area contributed by atoms with Gasteiger partial charge in [-0.3, -0.25) is 9.59 Å². The highest BCUT2D eigenvalue weighted by atomic mass is 16.5. The molecule has 124 valence electrons. The minimum absolute atomic E-state index is 0.0410. The average Bonchev–Trinajstić information content (AvgIpc) is 2.54. The lowest BCUT2D eigenvalue weighted by Gasteiger charge is -2.27. The maximum atomic E-state index is 12.6. The maximum absolute atomic E-state index is 12.6. The molecule has 1 N–H and O–H groups in total. The summed E-state index contributed by atoms with van der Waals surface area (Å²) in [5.74, 6) is -0.453. The minimum Gasteiger partial charge on any atom is -0.463 e. The third-order valence-corrected chi connectivity index (χ3v) is 4.20. The number of esters is 1. The second-order valence-electron chi connectivity index (χ2n) is 6.76. The number of amides is 1. The van der Waals surface area contributed by atoms with Crippen molar-refractivity contribution in [3.8, 4) is 0 Å². The molecule has 0 fully saturated rings. The number of hydrogen-bond donors (Lipinski definition) is 1. The predicted octanol–water partition coefficient (Wildman–Crippen LogP) is 3.40. The topological polar surface area (TPSA) is 55.4 Å². The highest BCUT2D eigenvalue weighted by Gasteiger charge is 2.29. The molecule has 0 aromatic heterocycles. The molecule has 1 unspecified atom stereocenters. The third-order valence-electron chi connectivity index (χ3n) is 4.20. The number of rotatable bonds is 1. The SMILES string of the molecule is C[C@@H]1CC=CCC(C)(C)C(=O)NC(c2ccccc2)COC1=O. The molecule has 0 radical (unpaired) electrons. The summed E-state index contributed by atoms with van der Waals surface area (Å²) in [5, 5.41) is 3.03. The van der Waals surface area contributed by atoms with Crippen LogP contribution in [0.1, 0.15) is 45.2 Å². The van der Waals surface area contributed by atoms with E-state index in [0.29, 0.717) is 12.8 Å². The van der Waals surface area contributed by atoms with Gasteiger partial charge in [0.15, 0.2) is 0 Å². The highest BCUT2D eigenvalue weighted by molar-refractivity contribution is 5.82. The van der Waals surface area contributed by atoms with Crippen molar-refractivity contribution in [3.05, 3.63) is 48.0 Å². The number of nitrogens with one attached hydrogen (secondary N) is 1. The standard InChI is InChI=1S/C19H25NO3/c1-14-9-7-8-12-19(2,3)18(22)20-16(13-23-17(14)21)15-10-5-4-6-11-15/h4-8,10-11,14,16H,9,12-13H2,1-3H3,(H,20,22)/t14-,16?/m1/s1. The van der Waals surface area contributed by atoms with Gasteiger partial charge in [0, 0.05) is 5.41 Å². The summed E-state index contributed by atoms with van der Waals surface area (Å²) in [6, 6.07) is 9.28. The Labute approximate surface area is 137 Å². The van der Waals surface area contributed by atoms with Crippen LogP contribution in [0.25, 0.3) is 0 Å². The Morgan fingerprint density at radius 2 is 1.83 bits per heavy atom. The second kappa shape index (κ2) is 7.44. The van der Waals surface area contributed by atoms with Gasteiger partial charge in [-0.2, -0.15) is 0 Å². The predicted molar refractivity (Wildman–Crippen MR) is 89.6 cm³/mol. The summed E-state index contributed by atoms with van der Waals surface area (Å²) in [6.07, 6.45) is 5.20. The summed E-state index contributed by atoms with van der Waals surface area (Å²) in [5.41, 5.74) is 0.431. The van der Waals surface area contributed by atoms with Gasteiger partial charge in [0.2, 0.25) is 5.91 Å². The molecule has 4 nitrogen and oxygen atoms in total. The van der Waals surface area contributed by atoms with Crippen LogP contribution in [-0.4, -0.2) is 18.5 Å². The molecule has 0 bridgehead atoms. The Morgan fingerprint density at radius 3 is 2.52 bits per heavy atom. The Morgan fingerprint density at radius 1 is 1.13 bits per heavy atom. The van der Waals surface area contributed by atoms with Crippen molar-refractivity contribution in [2.45, 2.75) is 39.7 Å². The molecular weight excluding hydrogens is 290 g/mol. The van der Waals surface area contributed by atoms with Crippen LogP contribution in [0.5, 0.6) is 0 Å². The molecule has 1 aromatic carbocycles. The lowest BCUT2D eigenvalue weighted by molar-refractivity contribution is -0.149. The molecule has 1 aromatic rings. The van der Waals surface area contributed by atoms with Gasteiger partial charge in [0.05, 0.1) is 12.0 Å². The van der Waals surface area contributed by atoms with Crippen LogP contribution in [0.15, 0.2) is 42.5 Å². The molecule has 2 atom stereocenters. The largest absolute Gasteiger partial charge is 0.463 e. The third kappa shape index (κ3) is 4.68. The number of benzene rings is 1. The van der Waals surface area contributed by atoms with Crippen LogP contribution in [0, 0.1) is 11.3 Å². The molecule has 1 heterocycles. The first-order valence-electron chi connectivity index (χ1n) is 8.07. The van der Waals surface area contributed by atoms with E-state index in [0.717, 1.165) is 5.56 Å². The van der Waals surface area contributed by atoms with Gasteiger partial charge >= 0.3 is 5.97 Å². The zero-order valence-electron chi connectivity index (χ0n) is 14.0. The number of allylic oxidation sites excluding steroid dienone is 2. The fourth-order valence-corrected chi connectivity index (χ4v) is 2.44. The van der Waals surface area contributed by atoms with Crippen molar-refractivity contribution >= 4 is 11.9 Å². The van der Waals surface area contributed by atoms with Crippen LogP contribution >= 0.6 is 0 Å². The lowest BCUT2D eigenvalue weighted by Crippen LogP contribution is -2.41. The second-order valence-corrected chi connectivity index (χ2v) is 6.76. The summed E-state index contributed by atoms with van der Waals surface area (Å²) in [4.78, 5) is 24.6. The monoisotopic (exact) mass is 315 g/mol. The molecule has 0 saturated carbocycles. The molecule has 1 aliphatic rings. The molecular formula is C19H25NO3. The van der Waals surface area contributed by atoms with Gasteiger partial charge in [0.1, 0.15) is 6.61 Å². The summed E-state index contributed by atoms with van der Waals surface area (Å²) >= 11 is 0. The lowest BCUT2D eigenvalue weighted by atomic mass is 9.87. The van der Waals surface area contributed by atoms with E-state index < -0.39 is 5.41 Å². The van der Waals surface area contributed by atoms with Gasteiger partial charge < -0.3 is 10.1 Å². The molecule has 23 heavy (non-hydrogen) atoms. The Bertz CT molecular complexity index is 578. The minimum atomic E-state index is -0.504. The summed E-state index contributed by atoms with van der Waals surface area (Å²) < 4.78 is 5.42. The van der Waals surface area contributed by atoms with Crippen LogP contribution in [0.3, 0.4) is 0 Å². The first-order chi connectivity index (χ1) is 10.9. The van der Waals surface area contributed by atoms with E-state index in [1.807, 2.05) is 63.3 Å². The molecule has 1 amide bonds. The molecule has 0 spiro atoms. The van der Waals surface area contributed by atoms with Crippen molar-refractivity contribution < 1.29 is 14.3 Å². The van der Waals surface area contributed by atoms with Crippen LogP contribution in [0.2, 0.25) is 0 Å². The van der Waals surface area contributed by atoms with E-state index in [2.05, 4.69) is 5.32 Å². The van der Waals surface area contributed by atoms with E-state index in [-0.39, 0.29) is 30.4 Å². The molecule has 0 saturated heterocycles. The quantitative estimate of drug-likeness (QED) is 0.638. The van der Waals surface area contributed by atoms with E-state index in [9.17, 15) is 9.59 Å². The Balaban J connectivity index is 2.26. The fourth-order valence-electron chi connectivity index (χ4n) is 2.44. The van der Waals surface area contributed by atoms with E-state index in [1.165, 1.54) is 0 Å². The van der Waals surface area contributed by atoms with Gasteiger partial charge in [-0.1, -0.05) is 63.3 Å². The van der Waals surface area contributed by atoms with E-state index >= 15 is 0 Å². The van der Waals surface area contributed by atoms with Gasteiger partial charge in [-0.05, 0) is 18.4 Å². The highest BCUT2D eigenvalue weighted by Crippen LogP contribution is 2.25. The van der Waals surface area contributed by atoms with Gasteiger partial charge in [-0.15, -0.1) is 0 Å². The van der Waals surface area contributed by atoms with Crippen molar-refractivity contribution in [1.82, 2.24) is 5.32 Å². The maximum Gasteiger partial charge on any atom is 0.309 e. The van der Waals surface area contributed by atoms with Crippen molar-refractivity contribution in [2.75, 3.05) is 6.61 Å². The number of carbonyl (C=O) groups is 2. The zero-order chi connectivity index (χ0) is 16.9. The Hall–Kier alpha value is -2.10. The number of hydrogen-bond acceptors (Lipinski definition) is 3. The molecule has 1 aliphatic heterocycles. The number of carbonyl (C=O) groups excluding carboxylic acids is 2. The van der Waals surface area contributed by atoms with Crippen molar-refractivity contribution in [2.24, 2.45) is 11.3 Å². The van der Waals surface area contributed by atoms with Crippen LogP contribution in [-0.2, 0) is 14.3 Å². The van der Waals surface area contributed by atoms with Crippen molar-refractivity contribution in [3.63, 3.8) is 0 Å². The molecule has 2 rings (SSSR count). The van der Waals surface area contributed by atoms with E-state index in [4.69, 9.17) is 4.74 Å². The number of ether oxygens (including phenoxy) is 1.